The minimum atomic E-state index is -1.27. The predicted molar refractivity (Wildman–Crippen MR) is 96.2 cm³/mol. The molecule has 0 bridgehead atoms. The van der Waals surface area contributed by atoms with E-state index >= 15 is 0 Å². The van der Waals surface area contributed by atoms with Crippen LogP contribution in [0.2, 0.25) is 0 Å². The molecule has 0 spiro atoms. The number of nitrogens with two attached hydrogens (primary N) is 1. The fourth-order valence-corrected chi connectivity index (χ4v) is 2.37. The van der Waals surface area contributed by atoms with Crippen LogP contribution in [0.3, 0.4) is 0 Å². The molecule has 1 aromatic rings. The lowest BCUT2D eigenvalue weighted by Gasteiger charge is -2.24. The van der Waals surface area contributed by atoms with E-state index in [2.05, 4.69) is 10.6 Å². The molecule has 144 valence electrons. The van der Waals surface area contributed by atoms with Gasteiger partial charge in [0.2, 0.25) is 11.8 Å². The maximum absolute atomic E-state index is 12.2. The van der Waals surface area contributed by atoms with Gasteiger partial charge in [-0.1, -0.05) is 50.6 Å². The SMILES string of the molecule is CC[C@H](C)[C@H](NC(=O)[C@H](CO)NC(=O)[C@@H](N)Cc1ccccc1)C(=O)O. The Bertz CT molecular complexity index is 608. The summed E-state index contributed by atoms with van der Waals surface area (Å²) in [5.74, 6) is -2.83. The number of hydrogen-bond donors (Lipinski definition) is 5. The summed E-state index contributed by atoms with van der Waals surface area (Å²) >= 11 is 0. The second kappa shape index (κ2) is 10.5. The van der Waals surface area contributed by atoms with Crippen molar-refractivity contribution in [2.24, 2.45) is 11.7 Å². The van der Waals surface area contributed by atoms with Crippen molar-refractivity contribution in [1.82, 2.24) is 10.6 Å². The molecular formula is C18H27N3O5. The van der Waals surface area contributed by atoms with Crippen molar-refractivity contribution >= 4 is 17.8 Å². The van der Waals surface area contributed by atoms with Crippen LogP contribution >= 0.6 is 0 Å². The number of benzene rings is 1. The van der Waals surface area contributed by atoms with E-state index in [9.17, 15) is 24.6 Å². The first-order valence-corrected chi connectivity index (χ1v) is 8.54. The van der Waals surface area contributed by atoms with Gasteiger partial charge in [0.1, 0.15) is 12.1 Å². The minimum absolute atomic E-state index is 0.275. The van der Waals surface area contributed by atoms with Gasteiger partial charge in [-0.3, -0.25) is 9.59 Å². The summed E-state index contributed by atoms with van der Waals surface area (Å²) in [6.07, 6.45) is 0.826. The van der Waals surface area contributed by atoms with E-state index < -0.39 is 42.5 Å². The van der Waals surface area contributed by atoms with Gasteiger partial charge in [-0.15, -0.1) is 0 Å². The maximum Gasteiger partial charge on any atom is 0.326 e. The second-order valence-corrected chi connectivity index (χ2v) is 6.25. The Morgan fingerprint density at radius 3 is 2.23 bits per heavy atom. The van der Waals surface area contributed by atoms with Gasteiger partial charge >= 0.3 is 5.97 Å². The lowest BCUT2D eigenvalue weighted by Crippen LogP contribution is -2.57. The first kappa shape index (κ1) is 21.6. The number of carbonyl (C=O) groups excluding carboxylic acids is 2. The molecule has 0 aliphatic heterocycles. The molecule has 2 amide bonds. The molecule has 0 unspecified atom stereocenters. The summed E-state index contributed by atoms with van der Waals surface area (Å²) in [4.78, 5) is 35.7. The highest BCUT2D eigenvalue weighted by Gasteiger charge is 2.30. The minimum Gasteiger partial charge on any atom is -0.480 e. The third kappa shape index (κ3) is 6.45. The van der Waals surface area contributed by atoms with Crippen molar-refractivity contribution in [1.29, 1.82) is 0 Å². The monoisotopic (exact) mass is 365 g/mol. The number of aliphatic hydroxyl groups excluding tert-OH is 1. The van der Waals surface area contributed by atoms with E-state index in [0.717, 1.165) is 5.56 Å². The van der Waals surface area contributed by atoms with Gasteiger partial charge in [-0.2, -0.15) is 0 Å². The molecule has 0 aliphatic rings. The van der Waals surface area contributed by atoms with Crippen LogP contribution in [0.25, 0.3) is 0 Å². The van der Waals surface area contributed by atoms with Crippen molar-refractivity contribution < 1.29 is 24.6 Å². The third-order valence-corrected chi connectivity index (χ3v) is 4.23. The highest BCUT2D eigenvalue weighted by Crippen LogP contribution is 2.08. The predicted octanol–water partition coefficient (Wildman–Crippen LogP) is -0.351. The quantitative estimate of drug-likeness (QED) is 0.384. The van der Waals surface area contributed by atoms with Crippen molar-refractivity contribution in [3.8, 4) is 0 Å². The molecule has 8 nitrogen and oxygen atoms in total. The summed E-state index contributed by atoms with van der Waals surface area (Å²) in [6, 6.07) is 5.88. The van der Waals surface area contributed by atoms with Crippen LogP contribution < -0.4 is 16.4 Å². The maximum atomic E-state index is 12.2. The Morgan fingerprint density at radius 1 is 1.12 bits per heavy atom. The molecule has 1 rings (SSSR count). The van der Waals surface area contributed by atoms with Crippen LogP contribution in [0.1, 0.15) is 25.8 Å². The molecular weight excluding hydrogens is 338 g/mol. The zero-order valence-corrected chi connectivity index (χ0v) is 15.0. The highest BCUT2D eigenvalue weighted by molar-refractivity contribution is 5.92. The molecule has 4 atom stereocenters. The Morgan fingerprint density at radius 2 is 1.73 bits per heavy atom. The number of carboxylic acid groups (broad SMARTS) is 1. The lowest BCUT2D eigenvalue weighted by molar-refractivity contribution is -0.144. The number of carbonyl (C=O) groups is 3. The summed E-state index contributed by atoms with van der Waals surface area (Å²) in [5.41, 5.74) is 6.72. The van der Waals surface area contributed by atoms with Crippen molar-refractivity contribution in [3.63, 3.8) is 0 Å². The Labute approximate surface area is 152 Å². The van der Waals surface area contributed by atoms with Crippen LogP contribution in [-0.4, -0.2) is 52.7 Å². The van der Waals surface area contributed by atoms with Crippen molar-refractivity contribution in [2.45, 2.75) is 44.8 Å². The van der Waals surface area contributed by atoms with Crippen LogP contribution in [-0.2, 0) is 20.8 Å². The molecule has 6 N–H and O–H groups in total. The molecule has 0 heterocycles. The van der Waals surface area contributed by atoms with E-state index in [-0.39, 0.29) is 12.3 Å². The lowest BCUT2D eigenvalue weighted by atomic mass is 9.99. The van der Waals surface area contributed by atoms with Crippen LogP contribution in [0.15, 0.2) is 30.3 Å². The second-order valence-electron chi connectivity index (χ2n) is 6.25. The molecule has 0 aliphatic carbocycles. The standard InChI is InChI=1S/C18H27N3O5/c1-3-11(2)15(18(25)26)21-17(24)14(10-22)20-16(23)13(19)9-12-7-5-4-6-8-12/h4-8,11,13-15,22H,3,9-10,19H2,1-2H3,(H,20,23)(H,21,24)(H,25,26)/t11-,13-,14-,15-/m0/s1. The van der Waals surface area contributed by atoms with Crippen LogP contribution in [0.4, 0.5) is 0 Å². The molecule has 26 heavy (non-hydrogen) atoms. The van der Waals surface area contributed by atoms with Crippen LogP contribution in [0.5, 0.6) is 0 Å². The zero-order valence-electron chi connectivity index (χ0n) is 15.0. The van der Waals surface area contributed by atoms with Gasteiger partial charge in [-0.05, 0) is 17.9 Å². The number of carboxylic acids is 1. The number of rotatable bonds is 10. The smallest absolute Gasteiger partial charge is 0.326 e. The normalized spacial score (nSPS) is 15.4. The molecule has 0 saturated heterocycles. The Kier molecular flexibility index (Phi) is 8.74. The molecule has 0 saturated carbocycles. The van der Waals surface area contributed by atoms with E-state index in [1.54, 1.807) is 13.8 Å². The van der Waals surface area contributed by atoms with Crippen molar-refractivity contribution in [2.75, 3.05) is 6.61 Å². The van der Waals surface area contributed by atoms with Gasteiger partial charge in [0, 0.05) is 0 Å². The topological polar surface area (TPSA) is 142 Å². The van der Waals surface area contributed by atoms with Gasteiger partial charge in [0.05, 0.1) is 12.6 Å². The van der Waals surface area contributed by atoms with E-state index in [0.29, 0.717) is 6.42 Å². The van der Waals surface area contributed by atoms with Crippen LogP contribution in [0, 0.1) is 5.92 Å². The molecule has 1 aromatic carbocycles. The summed E-state index contributed by atoms with van der Waals surface area (Å²) < 4.78 is 0. The van der Waals surface area contributed by atoms with E-state index in [1.807, 2.05) is 30.3 Å². The van der Waals surface area contributed by atoms with Crippen molar-refractivity contribution in [3.05, 3.63) is 35.9 Å². The first-order valence-electron chi connectivity index (χ1n) is 8.54. The Balaban J connectivity index is 2.67. The highest BCUT2D eigenvalue weighted by atomic mass is 16.4. The number of nitrogens with one attached hydrogen (secondary N) is 2. The van der Waals surface area contributed by atoms with Gasteiger partial charge in [0.15, 0.2) is 0 Å². The average molecular weight is 365 g/mol. The molecule has 0 radical (unpaired) electrons. The summed E-state index contributed by atoms with van der Waals surface area (Å²) in [6.45, 7) is 2.84. The first-order chi connectivity index (χ1) is 12.3. The largest absolute Gasteiger partial charge is 0.480 e. The summed E-state index contributed by atoms with van der Waals surface area (Å²) in [5, 5.41) is 23.4. The molecule has 0 fully saturated rings. The number of amides is 2. The average Bonchev–Trinajstić information content (AvgIpc) is 2.63. The summed E-state index contributed by atoms with van der Waals surface area (Å²) in [7, 11) is 0. The zero-order chi connectivity index (χ0) is 19.7. The van der Waals surface area contributed by atoms with E-state index in [1.165, 1.54) is 0 Å². The van der Waals surface area contributed by atoms with Gasteiger partial charge in [0.25, 0.3) is 0 Å². The third-order valence-electron chi connectivity index (χ3n) is 4.23. The fraction of sp³-hybridized carbons (Fsp3) is 0.500. The number of aliphatic carboxylic acids is 1. The fourth-order valence-electron chi connectivity index (χ4n) is 2.37. The molecule has 8 heteroatoms. The van der Waals surface area contributed by atoms with E-state index in [4.69, 9.17) is 5.73 Å². The number of hydrogen-bond acceptors (Lipinski definition) is 5. The number of aliphatic hydroxyl groups is 1. The molecule has 0 aromatic heterocycles. The van der Waals surface area contributed by atoms with Gasteiger partial charge in [-0.25, -0.2) is 4.79 Å². The Hall–Kier alpha value is -2.45. The van der Waals surface area contributed by atoms with Gasteiger partial charge < -0.3 is 26.6 Å².